The monoisotopic (exact) mass is 331 g/mol. The highest BCUT2D eigenvalue weighted by atomic mass is 35.5. The Morgan fingerprint density at radius 1 is 1.13 bits per heavy atom. The van der Waals surface area contributed by atoms with E-state index in [1.165, 1.54) is 0 Å². The van der Waals surface area contributed by atoms with Crippen molar-refractivity contribution in [1.29, 1.82) is 0 Å². The van der Waals surface area contributed by atoms with Gasteiger partial charge >= 0.3 is 0 Å². The maximum Gasteiger partial charge on any atom is 0.258 e. The van der Waals surface area contributed by atoms with Gasteiger partial charge in [-0.2, -0.15) is 0 Å². The van der Waals surface area contributed by atoms with Gasteiger partial charge in [-0.1, -0.05) is 41.4 Å². The Hall–Kier alpha value is -2.33. The van der Waals surface area contributed by atoms with Gasteiger partial charge in [-0.3, -0.25) is 9.59 Å². The van der Waals surface area contributed by atoms with E-state index in [0.717, 1.165) is 11.1 Å². The van der Waals surface area contributed by atoms with Crippen LogP contribution in [-0.2, 0) is 4.79 Å². The first-order valence-electron chi connectivity index (χ1n) is 7.21. The third kappa shape index (κ3) is 5.11. The maximum absolute atomic E-state index is 12.0. The van der Waals surface area contributed by atoms with Gasteiger partial charge in [-0.25, -0.2) is 0 Å². The van der Waals surface area contributed by atoms with Crippen LogP contribution in [0.4, 0.5) is 0 Å². The van der Waals surface area contributed by atoms with E-state index in [2.05, 4.69) is 5.32 Å². The van der Waals surface area contributed by atoms with E-state index in [1.54, 1.807) is 24.3 Å². The van der Waals surface area contributed by atoms with E-state index in [4.69, 9.17) is 16.3 Å². The van der Waals surface area contributed by atoms with Crippen molar-refractivity contribution in [1.82, 2.24) is 5.32 Å². The second-order valence-electron chi connectivity index (χ2n) is 5.27. The van der Waals surface area contributed by atoms with Gasteiger partial charge in [0, 0.05) is 10.6 Å². The number of aryl methyl sites for hydroxylation is 2. The molecular formula is C18H18ClNO3. The molecule has 0 atom stereocenters. The highest BCUT2D eigenvalue weighted by Crippen LogP contribution is 2.18. The third-order valence-electron chi connectivity index (χ3n) is 3.28. The highest BCUT2D eigenvalue weighted by Gasteiger charge is 2.09. The lowest BCUT2D eigenvalue weighted by atomic mass is 10.1. The highest BCUT2D eigenvalue weighted by molar-refractivity contribution is 6.31. The number of hydrogen-bond donors (Lipinski definition) is 1. The van der Waals surface area contributed by atoms with Gasteiger partial charge in [0.15, 0.2) is 12.4 Å². The first-order chi connectivity index (χ1) is 11.0. The summed E-state index contributed by atoms with van der Waals surface area (Å²) >= 11 is 5.84. The van der Waals surface area contributed by atoms with Gasteiger partial charge in [0.1, 0.15) is 5.75 Å². The van der Waals surface area contributed by atoms with Crippen molar-refractivity contribution < 1.29 is 14.3 Å². The van der Waals surface area contributed by atoms with Crippen LogP contribution in [0.2, 0.25) is 5.02 Å². The van der Waals surface area contributed by atoms with E-state index in [0.29, 0.717) is 16.3 Å². The summed E-state index contributed by atoms with van der Waals surface area (Å²) in [7, 11) is 0. The number of rotatable bonds is 6. The minimum Gasteiger partial charge on any atom is -0.484 e. The van der Waals surface area contributed by atoms with Crippen molar-refractivity contribution in [3.63, 3.8) is 0 Å². The van der Waals surface area contributed by atoms with E-state index in [9.17, 15) is 9.59 Å². The van der Waals surface area contributed by atoms with Crippen LogP contribution in [0.25, 0.3) is 0 Å². The van der Waals surface area contributed by atoms with Crippen molar-refractivity contribution >= 4 is 23.3 Å². The number of hydrogen-bond acceptors (Lipinski definition) is 3. The van der Waals surface area contributed by atoms with Crippen molar-refractivity contribution in [3.05, 3.63) is 64.2 Å². The molecular weight excluding hydrogens is 314 g/mol. The van der Waals surface area contributed by atoms with Crippen molar-refractivity contribution in [3.8, 4) is 5.75 Å². The molecule has 0 aliphatic rings. The molecule has 0 fully saturated rings. The zero-order chi connectivity index (χ0) is 16.8. The zero-order valence-corrected chi connectivity index (χ0v) is 13.8. The fourth-order valence-electron chi connectivity index (χ4n) is 2.10. The van der Waals surface area contributed by atoms with Crippen LogP contribution in [0, 0.1) is 13.8 Å². The van der Waals surface area contributed by atoms with Crippen LogP contribution in [0.1, 0.15) is 21.5 Å². The number of amides is 1. The lowest BCUT2D eigenvalue weighted by Gasteiger charge is -2.10. The summed E-state index contributed by atoms with van der Waals surface area (Å²) in [6.45, 7) is 3.69. The van der Waals surface area contributed by atoms with Crippen LogP contribution in [0.3, 0.4) is 0 Å². The lowest BCUT2D eigenvalue weighted by Crippen LogP contribution is -2.33. The summed E-state index contributed by atoms with van der Waals surface area (Å²) in [4.78, 5) is 23.7. The molecule has 0 unspecified atom stereocenters. The summed E-state index contributed by atoms with van der Waals surface area (Å²) in [5.41, 5.74) is 2.56. The molecule has 23 heavy (non-hydrogen) atoms. The van der Waals surface area contributed by atoms with Gasteiger partial charge in [0.2, 0.25) is 0 Å². The summed E-state index contributed by atoms with van der Waals surface area (Å²) in [5.74, 6) is 0.111. The maximum atomic E-state index is 12.0. The molecule has 0 bridgehead atoms. The van der Waals surface area contributed by atoms with Crippen molar-refractivity contribution in [2.75, 3.05) is 13.2 Å². The van der Waals surface area contributed by atoms with Crippen molar-refractivity contribution in [2.24, 2.45) is 0 Å². The quantitative estimate of drug-likeness (QED) is 0.826. The Bertz CT molecular complexity index is 728. The van der Waals surface area contributed by atoms with Gasteiger partial charge < -0.3 is 10.1 Å². The van der Waals surface area contributed by atoms with E-state index < -0.39 is 0 Å². The molecule has 4 nitrogen and oxygen atoms in total. The van der Waals surface area contributed by atoms with Crippen molar-refractivity contribution in [2.45, 2.75) is 13.8 Å². The Labute approximate surface area is 140 Å². The number of carbonyl (C=O) groups is 2. The zero-order valence-electron chi connectivity index (χ0n) is 13.1. The Morgan fingerprint density at radius 3 is 2.61 bits per heavy atom. The average Bonchev–Trinajstić information content (AvgIpc) is 2.51. The van der Waals surface area contributed by atoms with Crippen LogP contribution >= 0.6 is 11.6 Å². The second kappa shape index (κ2) is 7.79. The number of ether oxygens (including phenoxy) is 1. The third-order valence-corrected chi connectivity index (χ3v) is 3.52. The summed E-state index contributed by atoms with van der Waals surface area (Å²) in [6.07, 6.45) is 0. The van der Waals surface area contributed by atoms with E-state index in [-0.39, 0.29) is 24.8 Å². The Kier molecular flexibility index (Phi) is 5.77. The number of benzene rings is 2. The smallest absolute Gasteiger partial charge is 0.258 e. The molecule has 2 aromatic rings. The molecule has 0 radical (unpaired) electrons. The van der Waals surface area contributed by atoms with Gasteiger partial charge in [0.25, 0.3) is 5.91 Å². The molecule has 5 heteroatoms. The molecule has 0 aliphatic heterocycles. The predicted molar refractivity (Wildman–Crippen MR) is 90.2 cm³/mol. The fourth-order valence-corrected chi connectivity index (χ4v) is 2.29. The topological polar surface area (TPSA) is 55.4 Å². The van der Waals surface area contributed by atoms with Crippen LogP contribution < -0.4 is 10.1 Å². The number of carbonyl (C=O) groups excluding carboxylic acids is 2. The molecule has 1 amide bonds. The van der Waals surface area contributed by atoms with Gasteiger partial charge in [0.05, 0.1) is 6.54 Å². The molecule has 0 heterocycles. The summed E-state index contributed by atoms with van der Waals surface area (Å²) in [5, 5.41) is 3.03. The number of ketones is 1. The van der Waals surface area contributed by atoms with E-state index >= 15 is 0 Å². The second-order valence-corrected chi connectivity index (χ2v) is 5.70. The molecule has 0 aliphatic carbocycles. The minimum absolute atomic E-state index is 0.0879. The predicted octanol–water partition coefficient (Wildman–Crippen LogP) is 3.33. The fraction of sp³-hybridized carbons (Fsp3) is 0.222. The van der Waals surface area contributed by atoms with E-state index in [1.807, 2.05) is 32.0 Å². The summed E-state index contributed by atoms with van der Waals surface area (Å²) in [6, 6.07) is 12.3. The SMILES string of the molecule is Cc1ccc(OCC(=O)NCC(=O)c2cccc(Cl)c2)c(C)c1. The Balaban J connectivity index is 1.82. The first-order valence-corrected chi connectivity index (χ1v) is 7.59. The Morgan fingerprint density at radius 2 is 1.91 bits per heavy atom. The number of Topliss-reactive ketones (excluding diaryl/α,β-unsaturated/α-hetero) is 1. The lowest BCUT2D eigenvalue weighted by molar-refractivity contribution is -0.122. The molecule has 0 aromatic heterocycles. The molecule has 0 saturated carbocycles. The number of halogens is 1. The number of nitrogens with one attached hydrogen (secondary N) is 1. The molecule has 2 aromatic carbocycles. The van der Waals surface area contributed by atoms with Gasteiger partial charge in [-0.15, -0.1) is 0 Å². The van der Waals surface area contributed by atoms with Crippen LogP contribution in [-0.4, -0.2) is 24.8 Å². The standard InChI is InChI=1S/C18H18ClNO3/c1-12-6-7-17(13(2)8-12)23-11-18(22)20-10-16(21)14-4-3-5-15(19)9-14/h3-9H,10-11H2,1-2H3,(H,20,22). The normalized spacial score (nSPS) is 10.2. The van der Waals surface area contributed by atoms with Crippen LogP contribution in [0.5, 0.6) is 5.75 Å². The minimum atomic E-state index is -0.347. The molecule has 0 saturated heterocycles. The first kappa shape index (κ1) is 17.0. The molecule has 1 N–H and O–H groups in total. The molecule has 2 rings (SSSR count). The summed E-state index contributed by atoms with van der Waals surface area (Å²) < 4.78 is 5.47. The molecule has 120 valence electrons. The molecule has 0 spiro atoms. The van der Waals surface area contributed by atoms with Gasteiger partial charge in [-0.05, 0) is 37.6 Å². The van der Waals surface area contributed by atoms with Crippen LogP contribution in [0.15, 0.2) is 42.5 Å². The average molecular weight is 332 g/mol. The largest absolute Gasteiger partial charge is 0.484 e.